The second kappa shape index (κ2) is 4.70. The summed E-state index contributed by atoms with van der Waals surface area (Å²) in [7, 11) is 0. The van der Waals surface area contributed by atoms with E-state index < -0.39 is 0 Å². The number of nitrogens with zero attached hydrogens (tertiary/aromatic N) is 2. The molecule has 1 aliphatic heterocycles. The zero-order valence-corrected chi connectivity index (χ0v) is 12.9. The van der Waals surface area contributed by atoms with Crippen molar-refractivity contribution in [3.8, 4) is 11.4 Å². The Morgan fingerprint density at radius 1 is 1.29 bits per heavy atom. The molecule has 2 heterocycles. The Hall–Kier alpha value is -1.61. The zero-order chi connectivity index (χ0) is 14.4. The van der Waals surface area contributed by atoms with Gasteiger partial charge in [0.05, 0.1) is 5.69 Å². The monoisotopic (exact) mass is 281 g/mol. The Balaban J connectivity index is 1.76. The summed E-state index contributed by atoms with van der Waals surface area (Å²) in [4.78, 5) is 4.95. The molecule has 1 atom stereocenters. The molecule has 1 unspecified atom stereocenters. The van der Waals surface area contributed by atoms with Crippen LogP contribution in [0.1, 0.15) is 31.7 Å². The predicted octanol–water partition coefficient (Wildman–Crippen LogP) is 3.24. The van der Waals surface area contributed by atoms with Gasteiger partial charge in [-0.2, -0.15) is 0 Å². The summed E-state index contributed by atoms with van der Waals surface area (Å²) in [6, 6.07) is 10.6. The minimum Gasteiger partial charge on any atom is -0.327 e. The highest BCUT2D eigenvalue weighted by Crippen LogP contribution is 2.53. The van der Waals surface area contributed by atoms with Crippen LogP contribution in [0.3, 0.4) is 0 Å². The van der Waals surface area contributed by atoms with Gasteiger partial charge in [0, 0.05) is 37.3 Å². The molecular formula is C18H23N3. The molecule has 0 spiro atoms. The van der Waals surface area contributed by atoms with Crippen LogP contribution in [-0.2, 0) is 19.5 Å². The van der Waals surface area contributed by atoms with E-state index in [0.29, 0.717) is 5.41 Å². The van der Waals surface area contributed by atoms with E-state index in [-0.39, 0.29) is 0 Å². The molecule has 21 heavy (non-hydrogen) atoms. The Bertz CT molecular complexity index is 655. The van der Waals surface area contributed by atoms with E-state index in [0.717, 1.165) is 37.8 Å². The molecule has 1 N–H and O–H groups in total. The molecule has 3 heteroatoms. The Morgan fingerprint density at radius 3 is 2.76 bits per heavy atom. The third-order valence-electron chi connectivity index (χ3n) is 5.14. The van der Waals surface area contributed by atoms with Crippen LogP contribution < -0.4 is 5.32 Å². The van der Waals surface area contributed by atoms with E-state index in [4.69, 9.17) is 4.98 Å². The van der Waals surface area contributed by atoms with Gasteiger partial charge < -0.3 is 9.88 Å². The first-order valence-electron chi connectivity index (χ1n) is 7.99. The SMILES string of the molecule is CC1(C)CC1Cn1c(-c2ccccc2)nc2c1CCNC2. The second-order valence-electron chi connectivity index (χ2n) is 7.12. The molecule has 0 radical (unpaired) electrons. The van der Waals surface area contributed by atoms with Crippen molar-refractivity contribution >= 4 is 0 Å². The van der Waals surface area contributed by atoms with Gasteiger partial charge in [0.25, 0.3) is 0 Å². The maximum atomic E-state index is 4.95. The van der Waals surface area contributed by atoms with E-state index in [1.165, 1.54) is 23.4 Å². The third kappa shape index (κ3) is 2.30. The number of rotatable bonds is 3. The molecule has 2 aromatic rings. The molecule has 0 bridgehead atoms. The lowest BCUT2D eigenvalue weighted by atomic mass is 10.1. The molecule has 1 aromatic heterocycles. The van der Waals surface area contributed by atoms with Gasteiger partial charge >= 0.3 is 0 Å². The van der Waals surface area contributed by atoms with E-state index in [9.17, 15) is 0 Å². The van der Waals surface area contributed by atoms with Gasteiger partial charge in [0.15, 0.2) is 0 Å². The summed E-state index contributed by atoms with van der Waals surface area (Å²) >= 11 is 0. The first-order valence-corrected chi connectivity index (χ1v) is 7.99. The molecule has 0 saturated heterocycles. The Morgan fingerprint density at radius 2 is 2.05 bits per heavy atom. The third-order valence-corrected chi connectivity index (χ3v) is 5.14. The molecule has 2 aliphatic rings. The lowest BCUT2D eigenvalue weighted by Gasteiger charge is -2.17. The van der Waals surface area contributed by atoms with Gasteiger partial charge in [0.2, 0.25) is 0 Å². The van der Waals surface area contributed by atoms with Gasteiger partial charge in [-0.05, 0) is 17.8 Å². The van der Waals surface area contributed by atoms with Crippen molar-refractivity contribution in [1.82, 2.24) is 14.9 Å². The van der Waals surface area contributed by atoms with Crippen LogP contribution in [-0.4, -0.2) is 16.1 Å². The first kappa shape index (κ1) is 13.1. The first-order chi connectivity index (χ1) is 10.1. The van der Waals surface area contributed by atoms with Crippen LogP contribution in [0.2, 0.25) is 0 Å². The summed E-state index contributed by atoms with van der Waals surface area (Å²) in [6.45, 7) is 7.87. The van der Waals surface area contributed by atoms with Gasteiger partial charge in [-0.15, -0.1) is 0 Å². The highest BCUT2D eigenvalue weighted by molar-refractivity contribution is 5.57. The van der Waals surface area contributed by atoms with E-state index in [1.54, 1.807) is 0 Å². The fraction of sp³-hybridized carbons (Fsp3) is 0.500. The van der Waals surface area contributed by atoms with Gasteiger partial charge in [-0.3, -0.25) is 0 Å². The topological polar surface area (TPSA) is 29.9 Å². The molecular weight excluding hydrogens is 258 g/mol. The summed E-state index contributed by atoms with van der Waals surface area (Å²) in [6.07, 6.45) is 2.44. The summed E-state index contributed by atoms with van der Waals surface area (Å²) in [5, 5.41) is 3.44. The van der Waals surface area contributed by atoms with Crippen molar-refractivity contribution in [1.29, 1.82) is 0 Å². The van der Waals surface area contributed by atoms with Crippen LogP contribution in [0.15, 0.2) is 30.3 Å². The lowest BCUT2D eigenvalue weighted by molar-refractivity contribution is 0.486. The van der Waals surface area contributed by atoms with E-state index in [1.807, 2.05) is 0 Å². The standard InChI is InChI=1S/C18H23N3/c1-18(2)10-14(18)12-21-16-8-9-19-11-15(16)20-17(21)13-6-4-3-5-7-13/h3-7,14,19H,8-12H2,1-2H3. The summed E-state index contributed by atoms with van der Waals surface area (Å²) in [5.74, 6) is 1.96. The molecule has 1 saturated carbocycles. The Labute approximate surface area is 126 Å². The van der Waals surface area contributed by atoms with Crippen LogP contribution in [0.4, 0.5) is 0 Å². The van der Waals surface area contributed by atoms with Crippen LogP contribution in [0.5, 0.6) is 0 Å². The summed E-state index contributed by atoms with van der Waals surface area (Å²) < 4.78 is 2.50. The largest absolute Gasteiger partial charge is 0.327 e. The molecule has 3 nitrogen and oxygen atoms in total. The van der Waals surface area contributed by atoms with Crippen molar-refractivity contribution in [3.63, 3.8) is 0 Å². The number of aromatic nitrogens is 2. The van der Waals surface area contributed by atoms with Crippen molar-refractivity contribution in [3.05, 3.63) is 41.7 Å². The maximum absolute atomic E-state index is 4.95. The molecule has 1 aromatic carbocycles. The molecule has 0 amide bonds. The quantitative estimate of drug-likeness (QED) is 0.936. The van der Waals surface area contributed by atoms with Gasteiger partial charge in [-0.1, -0.05) is 44.2 Å². The highest BCUT2D eigenvalue weighted by Gasteiger charge is 2.46. The smallest absolute Gasteiger partial charge is 0.140 e. The summed E-state index contributed by atoms with van der Waals surface area (Å²) in [5.41, 5.74) is 4.46. The lowest BCUT2D eigenvalue weighted by Crippen LogP contribution is -2.25. The maximum Gasteiger partial charge on any atom is 0.140 e. The van der Waals surface area contributed by atoms with Crippen LogP contribution >= 0.6 is 0 Å². The van der Waals surface area contributed by atoms with Gasteiger partial charge in [0.1, 0.15) is 5.82 Å². The van der Waals surface area contributed by atoms with Crippen molar-refractivity contribution in [2.45, 2.75) is 39.8 Å². The number of nitrogens with one attached hydrogen (secondary N) is 1. The number of fused-ring (bicyclic) bond motifs is 1. The van der Waals surface area contributed by atoms with Crippen LogP contribution in [0.25, 0.3) is 11.4 Å². The number of imidazole rings is 1. The van der Waals surface area contributed by atoms with Crippen molar-refractivity contribution < 1.29 is 0 Å². The van der Waals surface area contributed by atoms with E-state index >= 15 is 0 Å². The highest BCUT2D eigenvalue weighted by atomic mass is 15.1. The predicted molar refractivity (Wildman–Crippen MR) is 85.0 cm³/mol. The zero-order valence-electron chi connectivity index (χ0n) is 12.9. The molecule has 1 fully saturated rings. The van der Waals surface area contributed by atoms with Crippen molar-refractivity contribution in [2.24, 2.45) is 11.3 Å². The number of benzene rings is 1. The molecule has 110 valence electrons. The van der Waals surface area contributed by atoms with Gasteiger partial charge in [-0.25, -0.2) is 4.98 Å². The normalized spacial score (nSPS) is 22.9. The number of hydrogen-bond acceptors (Lipinski definition) is 2. The number of hydrogen-bond donors (Lipinski definition) is 1. The van der Waals surface area contributed by atoms with E-state index in [2.05, 4.69) is 54.1 Å². The minimum atomic E-state index is 0.512. The minimum absolute atomic E-state index is 0.512. The average Bonchev–Trinajstić information content (AvgIpc) is 2.94. The fourth-order valence-corrected chi connectivity index (χ4v) is 3.48. The average molecular weight is 281 g/mol. The fourth-order valence-electron chi connectivity index (χ4n) is 3.48. The molecule has 4 rings (SSSR count). The Kier molecular flexibility index (Phi) is 2.93. The van der Waals surface area contributed by atoms with Crippen molar-refractivity contribution in [2.75, 3.05) is 6.54 Å². The second-order valence-corrected chi connectivity index (χ2v) is 7.12. The van der Waals surface area contributed by atoms with Crippen LogP contribution in [0, 0.1) is 11.3 Å². The molecule has 1 aliphatic carbocycles.